The summed E-state index contributed by atoms with van der Waals surface area (Å²) in [6.07, 6.45) is 7.31. The summed E-state index contributed by atoms with van der Waals surface area (Å²) in [7, 11) is 1.97. The van der Waals surface area contributed by atoms with Gasteiger partial charge in [0, 0.05) is 18.9 Å². The van der Waals surface area contributed by atoms with Crippen LogP contribution in [0.25, 0.3) is 5.57 Å². The Kier molecular flexibility index (Phi) is 2.46. The Labute approximate surface area is 94.0 Å². The van der Waals surface area contributed by atoms with Crippen molar-refractivity contribution in [3.8, 4) is 0 Å². The predicted octanol–water partition coefficient (Wildman–Crippen LogP) is 1.20. The summed E-state index contributed by atoms with van der Waals surface area (Å²) < 4.78 is 2.00. The molecule has 1 heterocycles. The Balaban J connectivity index is 2.45. The quantitative estimate of drug-likeness (QED) is 0.427. The van der Waals surface area contributed by atoms with E-state index in [2.05, 4.69) is 0 Å². The minimum absolute atomic E-state index is 0.144. The van der Waals surface area contributed by atoms with Gasteiger partial charge in [0.2, 0.25) is 0 Å². The topological polar surface area (TPSA) is 57.0 Å². The minimum atomic E-state index is -0.921. The number of alkyl halides is 1. The molecule has 0 aliphatic heterocycles. The van der Waals surface area contributed by atoms with Gasteiger partial charge in [0.1, 0.15) is 5.00 Å². The fraction of sp³-hybridized carbons (Fsp3) is 0.273. The van der Waals surface area contributed by atoms with Crippen molar-refractivity contribution in [1.82, 2.24) is 4.57 Å². The van der Waals surface area contributed by atoms with Gasteiger partial charge in [-0.2, -0.15) is 0 Å². The molecule has 1 aromatic rings. The Bertz CT molecular complexity index is 429. The highest BCUT2D eigenvalue weighted by Gasteiger charge is 2.24. The van der Waals surface area contributed by atoms with E-state index in [9.17, 15) is 0 Å². The molecule has 1 aliphatic rings. The molecule has 0 saturated carbocycles. The molecule has 4 heteroatoms. The Morgan fingerprint density at radius 1 is 1.53 bits per heavy atom. The van der Waals surface area contributed by atoms with Gasteiger partial charge < -0.3 is 16.0 Å². The molecule has 2 rings (SSSR count). The predicted molar refractivity (Wildman–Crippen MR) is 63.3 cm³/mol. The molecule has 2 unspecified atom stereocenters. The molecule has 4 N–H and O–H groups in total. The fourth-order valence-corrected chi connectivity index (χ4v) is 1.93. The van der Waals surface area contributed by atoms with E-state index in [1.54, 1.807) is 12.2 Å². The summed E-state index contributed by atoms with van der Waals surface area (Å²) in [5.41, 5.74) is 13.8. The SMILES string of the molecule is Cn1cccc1C1=CC(N)(Cl)C=CC1N. The maximum atomic E-state index is 6.05. The second-order valence-electron chi connectivity index (χ2n) is 3.82. The van der Waals surface area contributed by atoms with E-state index >= 15 is 0 Å². The maximum Gasteiger partial charge on any atom is 0.129 e. The summed E-state index contributed by atoms with van der Waals surface area (Å²) in [5.74, 6) is 0. The summed E-state index contributed by atoms with van der Waals surface area (Å²) in [4.78, 5) is -0.921. The van der Waals surface area contributed by atoms with Gasteiger partial charge in [-0.25, -0.2) is 0 Å². The van der Waals surface area contributed by atoms with Gasteiger partial charge in [-0.3, -0.25) is 0 Å². The summed E-state index contributed by atoms with van der Waals surface area (Å²) >= 11 is 6.05. The van der Waals surface area contributed by atoms with Crippen molar-refractivity contribution in [2.75, 3.05) is 0 Å². The fourth-order valence-electron chi connectivity index (χ4n) is 1.74. The summed E-state index contributed by atoms with van der Waals surface area (Å²) in [6.45, 7) is 0. The first kappa shape index (κ1) is 10.5. The highest BCUT2D eigenvalue weighted by atomic mass is 35.5. The lowest BCUT2D eigenvalue weighted by Crippen LogP contribution is -2.35. The number of hydrogen-bond donors (Lipinski definition) is 2. The smallest absolute Gasteiger partial charge is 0.129 e. The normalized spacial score (nSPS) is 30.4. The molecular weight excluding hydrogens is 210 g/mol. The van der Waals surface area contributed by atoms with E-state index in [4.69, 9.17) is 23.1 Å². The van der Waals surface area contributed by atoms with E-state index < -0.39 is 5.00 Å². The molecule has 0 amide bonds. The first-order valence-electron chi connectivity index (χ1n) is 4.77. The van der Waals surface area contributed by atoms with Crippen LogP contribution < -0.4 is 11.5 Å². The number of nitrogens with zero attached hydrogens (tertiary/aromatic N) is 1. The van der Waals surface area contributed by atoms with Crippen LogP contribution >= 0.6 is 11.6 Å². The number of aromatic nitrogens is 1. The van der Waals surface area contributed by atoms with E-state index in [0.717, 1.165) is 11.3 Å². The van der Waals surface area contributed by atoms with Crippen molar-refractivity contribution in [2.45, 2.75) is 11.0 Å². The molecule has 2 atom stereocenters. The highest BCUT2D eigenvalue weighted by Crippen LogP contribution is 2.27. The highest BCUT2D eigenvalue weighted by molar-refractivity contribution is 6.26. The van der Waals surface area contributed by atoms with Crippen molar-refractivity contribution in [2.24, 2.45) is 18.5 Å². The third kappa shape index (κ3) is 2.00. The van der Waals surface area contributed by atoms with Crippen LogP contribution in [0, 0.1) is 0 Å². The van der Waals surface area contributed by atoms with Crippen LogP contribution in [0.4, 0.5) is 0 Å². The van der Waals surface area contributed by atoms with Gasteiger partial charge in [-0.05, 0) is 29.9 Å². The molecule has 15 heavy (non-hydrogen) atoms. The number of halogens is 1. The average Bonchev–Trinajstić information content (AvgIpc) is 2.56. The molecule has 80 valence electrons. The molecule has 1 aromatic heterocycles. The molecule has 0 radical (unpaired) electrons. The first-order valence-corrected chi connectivity index (χ1v) is 5.14. The van der Waals surface area contributed by atoms with Gasteiger partial charge in [0.25, 0.3) is 0 Å². The zero-order valence-electron chi connectivity index (χ0n) is 8.52. The van der Waals surface area contributed by atoms with Gasteiger partial charge in [0.15, 0.2) is 0 Å². The zero-order chi connectivity index (χ0) is 11.1. The number of aryl methyl sites for hydroxylation is 1. The van der Waals surface area contributed by atoms with Crippen molar-refractivity contribution in [1.29, 1.82) is 0 Å². The lowest BCUT2D eigenvalue weighted by molar-refractivity contribution is 0.847. The zero-order valence-corrected chi connectivity index (χ0v) is 9.28. The van der Waals surface area contributed by atoms with Gasteiger partial charge in [0.05, 0.1) is 6.04 Å². The van der Waals surface area contributed by atoms with Crippen molar-refractivity contribution < 1.29 is 0 Å². The summed E-state index contributed by atoms with van der Waals surface area (Å²) in [6, 6.07) is 3.82. The van der Waals surface area contributed by atoms with Crippen LogP contribution in [0.15, 0.2) is 36.6 Å². The monoisotopic (exact) mass is 223 g/mol. The van der Waals surface area contributed by atoms with Crippen molar-refractivity contribution in [3.63, 3.8) is 0 Å². The molecule has 1 aliphatic carbocycles. The van der Waals surface area contributed by atoms with Crippen LogP contribution in [0.5, 0.6) is 0 Å². The molecule has 0 aromatic carbocycles. The van der Waals surface area contributed by atoms with Crippen LogP contribution in [-0.4, -0.2) is 15.6 Å². The van der Waals surface area contributed by atoms with Gasteiger partial charge >= 0.3 is 0 Å². The molecular formula is C11H14ClN3. The van der Waals surface area contributed by atoms with Crippen molar-refractivity contribution in [3.05, 3.63) is 42.3 Å². The van der Waals surface area contributed by atoms with Crippen LogP contribution in [0.1, 0.15) is 5.69 Å². The molecule has 0 saturated heterocycles. The maximum absolute atomic E-state index is 6.05. The minimum Gasteiger partial charge on any atom is -0.351 e. The van der Waals surface area contributed by atoms with Gasteiger partial charge in [-0.15, -0.1) is 0 Å². The Morgan fingerprint density at radius 3 is 2.87 bits per heavy atom. The Hall–Kier alpha value is -1.03. The molecule has 0 bridgehead atoms. The average molecular weight is 224 g/mol. The van der Waals surface area contributed by atoms with Gasteiger partial charge in [-0.1, -0.05) is 17.7 Å². The molecule has 0 fully saturated rings. The standard InChI is InChI=1S/C11H14ClN3/c1-15-6-2-3-10(15)8-7-11(12,14)5-4-9(8)13/h2-7,9H,13-14H2,1H3. The number of nitrogens with two attached hydrogens (primary N) is 2. The lowest BCUT2D eigenvalue weighted by Gasteiger charge is -2.24. The van der Waals surface area contributed by atoms with E-state index in [1.165, 1.54) is 0 Å². The number of hydrogen-bond acceptors (Lipinski definition) is 2. The number of rotatable bonds is 1. The van der Waals surface area contributed by atoms with E-state index in [1.807, 2.05) is 36.0 Å². The van der Waals surface area contributed by atoms with Crippen LogP contribution in [0.2, 0.25) is 0 Å². The van der Waals surface area contributed by atoms with Crippen LogP contribution in [0.3, 0.4) is 0 Å². The van der Waals surface area contributed by atoms with E-state index in [-0.39, 0.29) is 6.04 Å². The van der Waals surface area contributed by atoms with E-state index in [0.29, 0.717) is 0 Å². The van der Waals surface area contributed by atoms with Crippen LogP contribution in [-0.2, 0) is 7.05 Å². The lowest BCUT2D eigenvalue weighted by atomic mass is 9.96. The molecule has 3 nitrogen and oxygen atoms in total. The second-order valence-corrected chi connectivity index (χ2v) is 4.47. The summed E-state index contributed by atoms with van der Waals surface area (Å²) in [5, 5.41) is 0. The van der Waals surface area contributed by atoms with Crippen molar-refractivity contribution >= 4 is 17.2 Å². The first-order chi connectivity index (χ1) is 6.99. The largest absolute Gasteiger partial charge is 0.351 e. The molecule has 0 spiro atoms. The second kappa shape index (κ2) is 3.52. The third-order valence-electron chi connectivity index (χ3n) is 2.53. The third-order valence-corrected chi connectivity index (χ3v) is 2.77. The Morgan fingerprint density at radius 2 is 2.27 bits per heavy atom.